The molecule has 0 spiro atoms. The minimum absolute atomic E-state index is 0.0886. The van der Waals surface area contributed by atoms with Gasteiger partial charge in [-0.1, -0.05) is 34.1 Å². The molecule has 2 fully saturated rings. The number of rotatable bonds is 3. The van der Waals surface area contributed by atoms with Crippen molar-refractivity contribution in [1.29, 1.82) is 0 Å². The predicted molar refractivity (Wildman–Crippen MR) is 133 cm³/mol. The van der Waals surface area contributed by atoms with Crippen LogP contribution < -0.4 is 5.73 Å². The minimum atomic E-state index is -1.26. The maximum absolute atomic E-state index is 13.2. The molecule has 2 aliphatic heterocycles. The topological polar surface area (TPSA) is 148 Å². The Kier molecular flexibility index (Phi) is 8.81. The second-order valence-corrected chi connectivity index (χ2v) is 11.3. The summed E-state index contributed by atoms with van der Waals surface area (Å²) in [6.07, 6.45) is 3.00. The van der Waals surface area contributed by atoms with E-state index in [1.807, 2.05) is 20.8 Å². The average Bonchev–Trinajstić information content (AvgIpc) is 3.23. The number of hydrogen-bond acceptors (Lipinski definition) is 9. The molecule has 4 N–H and O–H groups in total. The molecule has 1 aromatic heterocycles. The molecule has 3 rings (SSSR count). The van der Waals surface area contributed by atoms with E-state index in [2.05, 4.69) is 4.98 Å². The molecule has 1 aromatic rings. The number of fused-ring (bicyclic) bond motifs is 1. The number of nitrogens with zero attached hydrogens (tertiary/aromatic N) is 1. The Bertz CT molecular complexity index is 971. The summed E-state index contributed by atoms with van der Waals surface area (Å²) in [5, 5.41) is 21.7. The summed E-state index contributed by atoms with van der Waals surface area (Å²) >= 11 is 0. The summed E-state index contributed by atoms with van der Waals surface area (Å²) in [6.45, 7) is 10.9. The first-order valence-electron chi connectivity index (χ1n) is 12.9. The number of esters is 1. The van der Waals surface area contributed by atoms with Crippen LogP contribution in [0.15, 0.2) is 16.3 Å². The van der Waals surface area contributed by atoms with Crippen molar-refractivity contribution in [2.75, 3.05) is 0 Å². The lowest BCUT2D eigenvalue weighted by Crippen LogP contribution is -2.45. The Balaban J connectivity index is 1.85. The van der Waals surface area contributed by atoms with E-state index >= 15 is 0 Å². The van der Waals surface area contributed by atoms with Crippen molar-refractivity contribution >= 4 is 17.8 Å². The van der Waals surface area contributed by atoms with Gasteiger partial charge in [0, 0.05) is 12.3 Å². The molecule has 2 saturated heterocycles. The van der Waals surface area contributed by atoms with Gasteiger partial charge in [-0.15, -0.1) is 0 Å². The Hall–Kier alpha value is -2.07. The van der Waals surface area contributed by atoms with E-state index in [1.54, 1.807) is 26.8 Å². The van der Waals surface area contributed by atoms with Gasteiger partial charge in [0.25, 0.3) is 0 Å². The molecule has 0 radical (unpaired) electrons. The number of ether oxygens (including phenoxy) is 2. The number of oxazole rings is 1. The normalized spacial score (nSPS) is 36.8. The van der Waals surface area contributed by atoms with E-state index in [0.717, 1.165) is 24.8 Å². The molecular formula is C27H42N2O7. The van der Waals surface area contributed by atoms with Gasteiger partial charge >= 0.3 is 5.97 Å². The van der Waals surface area contributed by atoms with E-state index in [-0.39, 0.29) is 36.4 Å². The molecule has 0 amide bonds. The maximum Gasteiger partial charge on any atom is 0.309 e. The first-order valence-corrected chi connectivity index (χ1v) is 12.9. The van der Waals surface area contributed by atoms with E-state index in [4.69, 9.17) is 19.6 Å². The fourth-order valence-corrected chi connectivity index (χ4v) is 5.11. The third-order valence-corrected chi connectivity index (χ3v) is 8.03. The van der Waals surface area contributed by atoms with Crippen molar-refractivity contribution in [3.05, 3.63) is 23.4 Å². The van der Waals surface area contributed by atoms with Gasteiger partial charge in [0.15, 0.2) is 0 Å². The monoisotopic (exact) mass is 506 g/mol. The number of carbonyl (C=O) groups is 2. The van der Waals surface area contributed by atoms with Gasteiger partial charge in [-0.25, -0.2) is 4.98 Å². The van der Waals surface area contributed by atoms with Gasteiger partial charge in [0.05, 0.1) is 42.3 Å². The first-order chi connectivity index (χ1) is 16.8. The second kappa shape index (κ2) is 11.1. The molecular weight excluding hydrogens is 464 g/mol. The van der Waals surface area contributed by atoms with Crippen LogP contribution in [0.2, 0.25) is 0 Å². The summed E-state index contributed by atoms with van der Waals surface area (Å²) in [5.74, 6) is -1.24. The number of hydrogen-bond donors (Lipinski definition) is 3. The summed E-state index contributed by atoms with van der Waals surface area (Å²) in [6, 6.07) is 0. The quantitative estimate of drug-likeness (QED) is 0.415. The number of aromatic nitrogens is 1. The number of ketones is 1. The van der Waals surface area contributed by atoms with Crippen molar-refractivity contribution in [3.63, 3.8) is 0 Å². The van der Waals surface area contributed by atoms with Crippen molar-refractivity contribution in [2.24, 2.45) is 23.0 Å². The summed E-state index contributed by atoms with van der Waals surface area (Å²) in [4.78, 5) is 30.4. The van der Waals surface area contributed by atoms with Crippen LogP contribution >= 0.6 is 0 Å². The van der Waals surface area contributed by atoms with Crippen molar-refractivity contribution in [2.45, 2.75) is 110 Å². The Morgan fingerprint density at radius 2 is 1.94 bits per heavy atom. The zero-order chi connectivity index (χ0) is 26.8. The van der Waals surface area contributed by atoms with Crippen molar-refractivity contribution in [1.82, 2.24) is 4.98 Å². The van der Waals surface area contributed by atoms with Gasteiger partial charge in [-0.05, 0) is 44.3 Å². The van der Waals surface area contributed by atoms with Crippen LogP contribution in [0.5, 0.6) is 0 Å². The van der Waals surface area contributed by atoms with Gasteiger partial charge < -0.3 is 29.8 Å². The highest BCUT2D eigenvalue weighted by Crippen LogP contribution is 2.45. The highest BCUT2D eigenvalue weighted by Gasteiger charge is 2.53. The third-order valence-electron chi connectivity index (χ3n) is 8.03. The number of Topliss-reactive ketones (excluding diaryl/α,β-unsaturated/α-hetero) is 1. The van der Waals surface area contributed by atoms with Gasteiger partial charge in [-0.2, -0.15) is 0 Å². The molecule has 9 nitrogen and oxygen atoms in total. The number of epoxide rings is 1. The summed E-state index contributed by atoms with van der Waals surface area (Å²) in [7, 11) is 0. The minimum Gasteiger partial charge on any atom is -0.458 e. The molecule has 0 aliphatic carbocycles. The number of cyclic esters (lactones) is 1. The first kappa shape index (κ1) is 28.5. The van der Waals surface area contributed by atoms with Crippen LogP contribution in [0.25, 0.3) is 6.08 Å². The molecule has 7 atom stereocenters. The second-order valence-electron chi connectivity index (χ2n) is 11.3. The standard InChI is InChI=1S/C27H42N2O7/c1-15-8-7-9-27(6)21(36-27)11-19(16(2)10-18-14-34-22(13-28)29-18)35-23(31)12-20(30)26(4,5)25(33)17(3)24(15)32/h10,14-15,17,19-21,24,30,32H,7-9,11-13,28H2,1-6H3/b16-10+/t15-,17+,19-,20-,21-,24-,27+/m0/s1. The summed E-state index contributed by atoms with van der Waals surface area (Å²) < 4.78 is 17.2. The van der Waals surface area contributed by atoms with Crippen LogP contribution in [0.3, 0.4) is 0 Å². The Labute approximate surface area is 213 Å². The van der Waals surface area contributed by atoms with Crippen LogP contribution in [0.4, 0.5) is 0 Å². The zero-order valence-electron chi connectivity index (χ0n) is 22.3. The molecule has 0 bridgehead atoms. The summed E-state index contributed by atoms with van der Waals surface area (Å²) in [5.41, 5.74) is 5.35. The molecule has 202 valence electrons. The van der Waals surface area contributed by atoms with Crippen molar-refractivity contribution in [3.8, 4) is 0 Å². The fourth-order valence-electron chi connectivity index (χ4n) is 5.11. The lowest BCUT2D eigenvalue weighted by Gasteiger charge is -2.34. The number of carbonyl (C=O) groups excluding carboxylic acids is 2. The van der Waals surface area contributed by atoms with Gasteiger partial charge in [0.2, 0.25) is 5.89 Å². The largest absolute Gasteiger partial charge is 0.458 e. The smallest absolute Gasteiger partial charge is 0.309 e. The highest BCUT2D eigenvalue weighted by molar-refractivity contribution is 5.88. The molecule has 0 saturated carbocycles. The van der Waals surface area contributed by atoms with Gasteiger partial charge in [-0.3, -0.25) is 9.59 Å². The van der Waals surface area contributed by atoms with Gasteiger partial charge in [0.1, 0.15) is 23.8 Å². The molecule has 0 aromatic carbocycles. The van der Waals surface area contributed by atoms with Crippen LogP contribution in [-0.4, -0.2) is 57.0 Å². The maximum atomic E-state index is 13.2. The predicted octanol–water partition coefficient (Wildman–Crippen LogP) is 3.16. The van der Waals surface area contributed by atoms with Crippen LogP contribution in [-0.2, 0) is 25.6 Å². The fraction of sp³-hybridized carbons (Fsp3) is 0.741. The Morgan fingerprint density at radius 1 is 1.25 bits per heavy atom. The molecule has 2 aliphatic rings. The molecule has 36 heavy (non-hydrogen) atoms. The number of nitrogens with two attached hydrogens (primary N) is 1. The highest BCUT2D eigenvalue weighted by atomic mass is 16.6. The van der Waals surface area contributed by atoms with E-state index in [1.165, 1.54) is 6.26 Å². The van der Waals surface area contributed by atoms with E-state index in [0.29, 0.717) is 18.0 Å². The van der Waals surface area contributed by atoms with E-state index in [9.17, 15) is 19.8 Å². The lowest BCUT2D eigenvalue weighted by atomic mass is 9.73. The zero-order valence-corrected chi connectivity index (χ0v) is 22.3. The molecule has 3 heterocycles. The van der Waals surface area contributed by atoms with E-state index < -0.39 is 35.6 Å². The molecule has 9 heteroatoms. The number of aliphatic hydroxyl groups excluding tert-OH is 2. The molecule has 0 unspecified atom stereocenters. The van der Waals surface area contributed by atoms with Crippen LogP contribution in [0, 0.1) is 17.3 Å². The third kappa shape index (κ3) is 6.43. The lowest BCUT2D eigenvalue weighted by molar-refractivity contribution is -0.154. The van der Waals surface area contributed by atoms with Crippen LogP contribution in [0.1, 0.15) is 85.2 Å². The average molecular weight is 507 g/mol. The SMILES string of the molecule is C/C(=C\c1coc(CN)n1)[C@@H]1C[C@@H]2O[C@]2(C)CCC[C@H](C)[C@H](O)[C@@H](C)C(=O)C(C)(C)[C@@H](O)CC(=O)O1. The Morgan fingerprint density at radius 3 is 2.58 bits per heavy atom. The van der Waals surface area contributed by atoms with Crippen molar-refractivity contribution < 1.29 is 33.7 Å². The number of aliphatic hydroxyl groups is 2.